The van der Waals surface area contributed by atoms with E-state index in [1.807, 2.05) is 0 Å². The lowest BCUT2D eigenvalue weighted by molar-refractivity contribution is -0.759. The molecule has 0 saturated carbocycles. The quantitative estimate of drug-likeness (QED) is 0.584. The maximum Gasteiger partial charge on any atom is 0.472 e. The van der Waals surface area contributed by atoms with Crippen LogP contribution in [-0.4, -0.2) is 30.6 Å². The summed E-state index contributed by atoms with van der Waals surface area (Å²) in [7, 11) is -2.89. The molecular formula is C12H18N2O6P+. The number of aromatic nitrogens is 1. The van der Waals surface area contributed by atoms with Crippen molar-refractivity contribution in [3.05, 3.63) is 30.1 Å². The molecule has 9 heteroatoms. The second-order valence-corrected chi connectivity index (χ2v) is 6.20. The number of nitrogens with zero attached hydrogens (tertiary/aromatic N) is 1. The van der Waals surface area contributed by atoms with Gasteiger partial charge in [0.15, 0.2) is 12.4 Å². The molecule has 2 rings (SSSR count). The zero-order chi connectivity index (χ0) is 15.5. The van der Waals surface area contributed by atoms with E-state index in [-0.39, 0.29) is 18.9 Å². The molecule has 0 aromatic carbocycles. The minimum atomic E-state index is -3.99. The minimum absolute atomic E-state index is 0.0335. The molecule has 21 heavy (non-hydrogen) atoms. The first-order chi connectivity index (χ1) is 9.91. The smallest absolute Gasteiger partial charge is 0.365 e. The fourth-order valence-corrected chi connectivity index (χ4v) is 2.54. The van der Waals surface area contributed by atoms with Crippen molar-refractivity contribution < 1.29 is 32.6 Å². The predicted octanol–water partition coefficient (Wildman–Crippen LogP) is 0.514. The molecule has 1 amide bonds. The van der Waals surface area contributed by atoms with Crippen molar-refractivity contribution in [1.82, 2.24) is 0 Å². The van der Waals surface area contributed by atoms with Crippen LogP contribution in [0.1, 0.15) is 29.4 Å². The van der Waals surface area contributed by atoms with Crippen molar-refractivity contribution in [3.63, 3.8) is 0 Å². The second-order valence-electron chi connectivity index (χ2n) is 4.64. The summed E-state index contributed by atoms with van der Waals surface area (Å²) >= 11 is 0. The van der Waals surface area contributed by atoms with Crippen molar-refractivity contribution >= 4 is 13.7 Å². The minimum Gasteiger partial charge on any atom is -0.365 e. The summed E-state index contributed by atoms with van der Waals surface area (Å²) in [6.45, 7) is -0.0335. The Kier molecular flexibility index (Phi) is 5.08. The summed E-state index contributed by atoms with van der Waals surface area (Å²) in [5.74, 6) is -0.511. The Morgan fingerprint density at radius 1 is 1.62 bits per heavy atom. The third-order valence-corrected chi connectivity index (χ3v) is 4.12. The number of hydrogen-bond donors (Lipinski definition) is 2. The second kappa shape index (κ2) is 6.64. The molecule has 1 aliphatic rings. The number of carbonyl (C=O) groups excluding carboxylic acids is 1. The van der Waals surface area contributed by atoms with Crippen LogP contribution in [0.25, 0.3) is 0 Å². The Hall–Kier alpha value is -1.31. The molecule has 0 aliphatic carbocycles. The lowest BCUT2D eigenvalue weighted by Crippen LogP contribution is -2.40. The van der Waals surface area contributed by atoms with Gasteiger partial charge in [-0.2, -0.15) is 4.57 Å². The van der Waals surface area contributed by atoms with Crippen molar-refractivity contribution in [3.8, 4) is 0 Å². The van der Waals surface area contributed by atoms with Gasteiger partial charge in [-0.05, 0) is 12.5 Å². The molecule has 8 nitrogen and oxygen atoms in total. The number of primary amides is 1. The zero-order valence-corrected chi connectivity index (χ0v) is 12.4. The number of ether oxygens (including phenoxy) is 1. The van der Waals surface area contributed by atoms with Gasteiger partial charge in [0.05, 0.1) is 12.7 Å². The number of nitrogens with two attached hydrogens (primary N) is 1. The lowest BCUT2D eigenvalue weighted by Gasteiger charge is -2.13. The number of rotatable bonds is 6. The molecule has 3 unspecified atom stereocenters. The lowest BCUT2D eigenvalue weighted by atomic mass is 10.2. The van der Waals surface area contributed by atoms with Crippen molar-refractivity contribution in [2.75, 3.05) is 13.7 Å². The topological polar surface area (TPSA) is 112 Å². The van der Waals surface area contributed by atoms with Gasteiger partial charge in [-0.25, -0.2) is 4.57 Å². The van der Waals surface area contributed by atoms with Crippen molar-refractivity contribution in [2.45, 2.75) is 25.2 Å². The van der Waals surface area contributed by atoms with E-state index in [9.17, 15) is 9.36 Å². The van der Waals surface area contributed by atoms with Gasteiger partial charge in [0.25, 0.3) is 12.1 Å². The van der Waals surface area contributed by atoms with E-state index >= 15 is 0 Å². The highest BCUT2D eigenvalue weighted by Crippen LogP contribution is 2.42. The molecule has 0 bridgehead atoms. The number of amides is 1. The van der Waals surface area contributed by atoms with Crippen molar-refractivity contribution in [1.29, 1.82) is 0 Å². The Labute approximate surface area is 122 Å². The number of pyridine rings is 1. The average molecular weight is 317 g/mol. The first-order valence-corrected chi connectivity index (χ1v) is 7.90. The first kappa shape index (κ1) is 16.1. The number of phosphoric ester groups is 1. The highest BCUT2D eigenvalue weighted by atomic mass is 31.2. The Morgan fingerprint density at radius 3 is 3.05 bits per heavy atom. The summed E-state index contributed by atoms with van der Waals surface area (Å²) in [5.41, 5.74) is 5.62. The van der Waals surface area contributed by atoms with E-state index in [1.54, 1.807) is 29.1 Å². The van der Waals surface area contributed by atoms with Crippen LogP contribution in [0.3, 0.4) is 0 Å². The largest absolute Gasteiger partial charge is 0.472 e. The van der Waals surface area contributed by atoms with Crippen molar-refractivity contribution in [2.24, 2.45) is 5.73 Å². The molecule has 116 valence electrons. The number of phosphoric acid groups is 1. The van der Waals surface area contributed by atoms with E-state index in [1.165, 1.54) is 0 Å². The summed E-state index contributed by atoms with van der Waals surface area (Å²) in [4.78, 5) is 20.3. The van der Waals surface area contributed by atoms with Crippen LogP contribution in [0.15, 0.2) is 24.5 Å². The number of carbonyl (C=O) groups is 1. The maximum absolute atomic E-state index is 11.2. The zero-order valence-electron chi connectivity index (χ0n) is 11.5. The van der Waals surface area contributed by atoms with Gasteiger partial charge < -0.3 is 15.4 Å². The monoisotopic (exact) mass is 317 g/mol. The Balaban J connectivity index is 1.95. The van der Waals surface area contributed by atoms with Gasteiger partial charge in [0.1, 0.15) is 5.56 Å². The summed E-state index contributed by atoms with van der Waals surface area (Å²) in [6.07, 6.45) is 4.18. The standard InChI is InChI=1S/C12H17N2O6P/c1-18-21(16,17)19-8-10-4-5-11(20-10)14-6-2-3-9(7-14)12(13)15/h2-3,6-7,10-11H,4-5,8H2,1H3,(H2-,13,15,16,17)/p+1. The Bertz CT molecular complexity index is 566. The van der Waals surface area contributed by atoms with Gasteiger partial charge in [-0.3, -0.25) is 13.8 Å². The molecule has 0 spiro atoms. The van der Waals surface area contributed by atoms with Crippen LogP contribution < -0.4 is 10.3 Å². The van der Waals surface area contributed by atoms with Crippen LogP contribution in [0.4, 0.5) is 0 Å². The fourth-order valence-electron chi connectivity index (χ4n) is 2.08. The summed E-state index contributed by atoms with van der Waals surface area (Å²) in [6, 6.07) is 3.33. The Morgan fingerprint density at radius 2 is 2.38 bits per heavy atom. The van der Waals surface area contributed by atoms with Gasteiger partial charge in [0.2, 0.25) is 0 Å². The molecular weight excluding hydrogens is 299 g/mol. The van der Waals surface area contributed by atoms with Gasteiger partial charge >= 0.3 is 7.82 Å². The maximum atomic E-state index is 11.2. The third-order valence-electron chi connectivity index (χ3n) is 3.18. The highest BCUT2D eigenvalue weighted by Gasteiger charge is 2.34. The summed E-state index contributed by atoms with van der Waals surface area (Å²) in [5, 5.41) is 0. The highest BCUT2D eigenvalue weighted by molar-refractivity contribution is 7.47. The van der Waals surface area contributed by atoms with E-state index in [2.05, 4.69) is 4.52 Å². The summed E-state index contributed by atoms with van der Waals surface area (Å²) < 4.78 is 27.8. The van der Waals surface area contributed by atoms with Crippen LogP contribution in [0, 0.1) is 0 Å². The van der Waals surface area contributed by atoms with Crippen LogP contribution in [0.2, 0.25) is 0 Å². The molecule has 1 aromatic rings. The van der Waals surface area contributed by atoms with Gasteiger partial charge in [-0.1, -0.05) is 0 Å². The normalized spacial score (nSPS) is 24.7. The third kappa shape index (κ3) is 4.33. The molecule has 1 fully saturated rings. The molecule has 0 radical (unpaired) electrons. The van der Waals surface area contributed by atoms with Gasteiger partial charge in [0, 0.05) is 19.6 Å². The molecule has 3 N–H and O–H groups in total. The first-order valence-electron chi connectivity index (χ1n) is 6.40. The molecule has 1 aromatic heterocycles. The van der Waals surface area contributed by atoms with E-state index in [0.717, 1.165) is 7.11 Å². The van der Waals surface area contributed by atoms with Crippen LogP contribution in [0.5, 0.6) is 0 Å². The predicted molar refractivity (Wildman–Crippen MR) is 71.1 cm³/mol. The average Bonchev–Trinajstić information content (AvgIpc) is 2.94. The molecule has 1 saturated heterocycles. The molecule has 3 atom stereocenters. The van der Waals surface area contributed by atoms with E-state index in [4.69, 9.17) is 19.9 Å². The molecule has 2 heterocycles. The van der Waals surface area contributed by atoms with E-state index < -0.39 is 13.7 Å². The number of hydrogen-bond acceptors (Lipinski definition) is 5. The van der Waals surface area contributed by atoms with Gasteiger partial charge in [-0.15, -0.1) is 0 Å². The van der Waals surface area contributed by atoms with Crippen LogP contribution >= 0.6 is 7.82 Å². The SMILES string of the molecule is COP(=O)(O)OCC1CCC([n+]2cccc(C(N)=O)c2)O1. The van der Waals surface area contributed by atoms with Crippen LogP contribution in [-0.2, 0) is 18.3 Å². The fraction of sp³-hybridized carbons (Fsp3) is 0.500. The molecule has 1 aliphatic heterocycles. The van der Waals surface area contributed by atoms with E-state index in [0.29, 0.717) is 18.4 Å².